The second-order valence-electron chi connectivity index (χ2n) is 9.52. The van der Waals surface area contributed by atoms with Crippen LogP contribution in [0.15, 0.2) is 35.4 Å². The van der Waals surface area contributed by atoms with Gasteiger partial charge in [0, 0.05) is 24.4 Å². The van der Waals surface area contributed by atoms with Gasteiger partial charge in [0.1, 0.15) is 17.2 Å². The zero-order valence-electron chi connectivity index (χ0n) is 21.8. The van der Waals surface area contributed by atoms with E-state index in [0.29, 0.717) is 11.4 Å². The minimum absolute atomic E-state index is 0.0276. The third-order valence-electron chi connectivity index (χ3n) is 6.43. The molecule has 1 aliphatic heterocycles. The van der Waals surface area contributed by atoms with Crippen LogP contribution in [0, 0.1) is 11.8 Å². The topological polar surface area (TPSA) is 108 Å². The van der Waals surface area contributed by atoms with Crippen molar-refractivity contribution >= 4 is 26.9 Å². The highest BCUT2D eigenvalue weighted by molar-refractivity contribution is 7.90. The van der Waals surface area contributed by atoms with Gasteiger partial charge in [-0.05, 0) is 51.0 Å². The highest BCUT2D eigenvalue weighted by Crippen LogP contribution is 2.31. The summed E-state index contributed by atoms with van der Waals surface area (Å²) in [6.45, 7) is 1.79. The SMILES string of the molecule is COc1cc(S(C)(=O)=O)ccc1NCC#Cc1nc2c(NC3CCN(C)CC3)cc(O)cn2c1CC(F)(F)F. The van der Waals surface area contributed by atoms with Gasteiger partial charge in [-0.15, -0.1) is 0 Å². The largest absolute Gasteiger partial charge is 0.506 e. The summed E-state index contributed by atoms with van der Waals surface area (Å²) in [5.74, 6) is 5.61. The van der Waals surface area contributed by atoms with E-state index < -0.39 is 22.4 Å². The first-order valence-corrected chi connectivity index (χ1v) is 14.1. The number of likely N-dealkylation sites (tertiary alicyclic amines) is 1. The number of imidazole rings is 1. The Labute approximate surface area is 224 Å². The predicted octanol–water partition coefficient (Wildman–Crippen LogP) is 3.53. The van der Waals surface area contributed by atoms with E-state index in [1.807, 2.05) is 7.05 Å². The molecule has 1 aromatic carbocycles. The van der Waals surface area contributed by atoms with E-state index >= 15 is 0 Å². The van der Waals surface area contributed by atoms with Crippen LogP contribution in [0.5, 0.6) is 11.5 Å². The van der Waals surface area contributed by atoms with Crippen molar-refractivity contribution in [2.45, 2.75) is 36.4 Å². The molecule has 0 atom stereocenters. The van der Waals surface area contributed by atoms with Gasteiger partial charge in [0.2, 0.25) is 0 Å². The minimum Gasteiger partial charge on any atom is -0.506 e. The fourth-order valence-electron chi connectivity index (χ4n) is 4.43. The molecule has 0 aliphatic carbocycles. The smallest absolute Gasteiger partial charge is 0.394 e. The van der Waals surface area contributed by atoms with E-state index in [0.717, 1.165) is 32.2 Å². The van der Waals surface area contributed by atoms with Crippen LogP contribution < -0.4 is 15.4 Å². The lowest BCUT2D eigenvalue weighted by atomic mass is 10.1. The molecule has 39 heavy (non-hydrogen) atoms. The molecule has 210 valence electrons. The number of hydrogen-bond acceptors (Lipinski definition) is 8. The van der Waals surface area contributed by atoms with Crippen LogP contribution in [0.2, 0.25) is 0 Å². The maximum Gasteiger partial charge on any atom is 0.394 e. The van der Waals surface area contributed by atoms with E-state index in [2.05, 4.69) is 32.4 Å². The first-order chi connectivity index (χ1) is 18.3. The zero-order valence-corrected chi connectivity index (χ0v) is 22.6. The predicted molar refractivity (Wildman–Crippen MR) is 142 cm³/mol. The second-order valence-corrected chi connectivity index (χ2v) is 11.5. The molecule has 0 bridgehead atoms. The number of benzene rings is 1. The highest BCUT2D eigenvalue weighted by Gasteiger charge is 2.32. The summed E-state index contributed by atoms with van der Waals surface area (Å²) in [5, 5.41) is 16.6. The molecular weight excluding hydrogens is 535 g/mol. The molecule has 1 aliphatic rings. The number of halogens is 3. The van der Waals surface area contributed by atoms with Gasteiger partial charge in [0.25, 0.3) is 0 Å². The van der Waals surface area contributed by atoms with Crippen LogP contribution in [-0.2, 0) is 16.3 Å². The normalized spacial score (nSPS) is 15.1. The molecule has 3 heterocycles. The summed E-state index contributed by atoms with van der Waals surface area (Å²) in [7, 11) is -0.00512. The van der Waals surface area contributed by atoms with Crippen LogP contribution in [-0.4, -0.2) is 80.1 Å². The van der Waals surface area contributed by atoms with Crippen LogP contribution >= 0.6 is 0 Å². The molecule has 0 saturated carbocycles. The lowest BCUT2D eigenvalue weighted by Gasteiger charge is -2.30. The van der Waals surface area contributed by atoms with Crippen LogP contribution in [0.1, 0.15) is 24.2 Å². The summed E-state index contributed by atoms with van der Waals surface area (Å²) in [4.78, 5) is 6.71. The van der Waals surface area contributed by atoms with Crippen LogP contribution in [0.3, 0.4) is 0 Å². The van der Waals surface area contributed by atoms with E-state index in [1.54, 1.807) is 0 Å². The lowest BCUT2D eigenvalue weighted by molar-refractivity contribution is -0.128. The molecule has 13 heteroatoms. The molecule has 3 N–H and O–H groups in total. The number of aromatic nitrogens is 2. The number of ether oxygens (including phenoxy) is 1. The number of sulfone groups is 1. The molecule has 0 amide bonds. The maximum atomic E-state index is 13.5. The number of piperidine rings is 1. The zero-order chi connectivity index (χ0) is 28.4. The summed E-state index contributed by atoms with van der Waals surface area (Å²) in [6.07, 6.45) is -1.80. The van der Waals surface area contributed by atoms with Gasteiger partial charge >= 0.3 is 6.18 Å². The Bertz CT molecular complexity index is 1520. The van der Waals surface area contributed by atoms with Crippen molar-refractivity contribution in [1.82, 2.24) is 14.3 Å². The number of nitrogens with zero attached hydrogens (tertiary/aromatic N) is 3. The second kappa shape index (κ2) is 11.2. The molecule has 1 saturated heterocycles. The van der Waals surface area contributed by atoms with Crippen LogP contribution in [0.4, 0.5) is 24.5 Å². The van der Waals surface area contributed by atoms with Gasteiger partial charge in [-0.25, -0.2) is 13.4 Å². The molecule has 1 fully saturated rings. The maximum absolute atomic E-state index is 13.5. The fourth-order valence-corrected chi connectivity index (χ4v) is 5.07. The van der Waals surface area contributed by atoms with Gasteiger partial charge in [0.15, 0.2) is 15.5 Å². The van der Waals surface area contributed by atoms with Gasteiger partial charge in [-0.2, -0.15) is 13.2 Å². The monoisotopic (exact) mass is 565 g/mol. The Hall–Kier alpha value is -3.63. The average Bonchev–Trinajstić information content (AvgIpc) is 3.18. The molecule has 2 aromatic heterocycles. The highest BCUT2D eigenvalue weighted by atomic mass is 32.2. The van der Waals surface area contributed by atoms with Gasteiger partial charge in [-0.3, -0.25) is 4.40 Å². The van der Waals surface area contributed by atoms with Crippen molar-refractivity contribution in [3.05, 3.63) is 41.9 Å². The molecule has 0 spiro atoms. The van der Waals surface area contributed by atoms with Crippen molar-refractivity contribution in [3.8, 4) is 23.3 Å². The van der Waals surface area contributed by atoms with E-state index in [-0.39, 0.29) is 46.0 Å². The Morgan fingerprint density at radius 3 is 2.56 bits per heavy atom. The van der Waals surface area contributed by atoms with Gasteiger partial charge in [-0.1, -0.05) is 5.92 Å². The Balaban J connectivity index is 1.63. The van der Waals surface area contributed by atoms with E-state index in [9.17, 15) is 26.7 Å². The number of nitrogens with one attached hydrogen (secondary N) is 2. The third kappa shape index (κ3) is 7.07. The number of methoxy groups -OCH3 is 1. The summed E-state index contributed by atoms with van der Waals surface area (Å²) in [5.41, 5.74) is 0.934. The quantitative estimate of drug-likeness (QED) is 0.374. The molecule has 0 unspecified atom stereocenters. The van der Waals surface area contributed by atoms with E-state index in [4.69, 9.17) is 4.74 Å². The van der Waals surface area contributed by atoms with Crippen LogP contribution in [0.25, 0.3) is 5.65 Å². The van der Waals surface area contributed by atoms with Crippen molar-refractivity contribution in [1.29, 1.82) is 0 Å². The van der Waals surface area contributed by atoms with Crippen molar-refractivity contribution in [2.24, 2.45) is 0 Å². The lowest BCUT2D eigenvalue weighted by Crippen LogP contribution is -2.36. The minimum atomic E-state index is -4.52. The number of rotatable bonds is 7. The number of anilines is 2. The number of fused-ring (bicyclic) bond motifs is 1. The van der Waals surface area contributed by atoms with Crippen molar-refractivity contribution in [3.63, 3.8) is 0 Å². The third-order valence-corrected chi connectivity index (χ3v) is 7.54. The molecule has 3 aromatic rings. The Morgan fingerprint density at radius 1 is 1.21 bits per heavy atom. The first-order valence-electron chi connectivity index (χ1n) is 12.2. The summed E-state index contributed by atoms with van der Waals surface area (Å²) >= 11 is 0. The Kier molecular flexibility index (Phi) is 8.17. The number of aromatic hydroxyl groups is 1. The number of pyridine rings is 1. The number of alkyl halides is 3. The molecule has 0 radical (unpaired) electrons. The molecule has 4 rings (SSSR count). The fraction of sp³-hybridized carbons (Fsp3) is 0.423. The molecular formula is C26H30F3N5O4S. The number of hydrogen-bond donors (Lipinski definition) is 3. The standard InChI is InChI=1S/C26H30F3N5O4S/c1-33-11-8-17(9-12-33)31-22-13-18(35)16-34-23(15-26(27,28)29)20(32-25(22)34)5-4-10-30-21-7-6-19(39(3,36)37)14-24(21)38-2/h6-7,13-14,16-17,30-31,35H,8-12,15H2,1-3H3. The van der Waals surface area contributed by atoms with E-state index in [1.165, 1.54) is 42.0 Å². The summed E-state index contributed by atoms with van der Waals surface area (Å²) < 4.78 is 70.6. The van der Waals surface area contributed by atoms with Gasteiger partial charge in [0.05, 0.1) is 48.2 Å². The van der Waals surface area contributed by atoms with Crippen molar-refractivity contribution in [2.75, 3.05) is 50.7 Å². The van der Waals surface area contributed by atoms with Crippen molar-refractivity contribution < 1.29 is 31.4 Å². The van der Waals surface area contributed by atoms with Gasteiger partial charge < -0.3 is 25.4 Å². The first kappa shape index (κ1) is 28.4. The Morgan fingerprint density at radius 2 is 1.92 bits per heavy atom. The average molecular weight is 566 g/mol. The summed E-state index contributed by atoms with van der Waals surface area (Å²) in [6, 6.07) is 5.88. The molecule has 9 nitrogen and oxygen atoms in total.